The molecule has 0 aliphatic carbocycles. The van der Waals surface area contributed by atoms with E-state index in [1.807, 2.05) is 12.3 Å². The molecule has 8 nitrogen and oxygen atoms in total. The average molecular weight is 289 g/mol. The molecule has 0 aliphatic heterocycles. The minimum Gasteiger partial charge on any atom is -0.481 e. The fourth-order valence-corrected chi connectivity index (χ4v) is 1.65. The number of carboxylic acid groups (broad SMARTS) is 1. The van der Waals surface area contributed by atoms with E-state index >= 15 is 0 Å². The lowest BCUT2D eigenvalue weighted by atomic mass is 10.2. The van der Waals surface area contributed by atoms with E-state index in [-0.39, 0.29) is 12.5 Å². The van der Waals surface area contributed by atoms with Crippen LogP contribution < -0.4 is 10.6 Å². The highest BCUT2D eigenvalue weighted by Crippen LogP contribution is 2.06. The van der Waals surface area contributed by atoms with Gasteiger partial charge in [-0.2, -0.15) is 5.10 Å². The molecule has 0 saturated heterocycles. The average Bonchev–Trinajstić information content (AvgIpc) is 2.93. The Bertz CT molecular complexity index is 595. The van der Waals surface area contributed by atoms with E-state index in [4.69, 9.17) is 5.11 Å². The number of pyridine rings is 1. The fourth-order valence-electron chi connectivity index (χ4n) is 1.65. The Morgan fingerprint density at radius 1 is 1.33 bits per heavy atom. The monoisotopic (exact) mass is 289 g/mol. The van der Waals surface area contributed by atoms with Crippen LogP contribution in [0.3, 0.4) is 0 Å². The first-order chi connectivity index (χ1) is 10.1. The Kier molecular flexibility index (Phi) is 4.86. The lowest BCUT2D eigenvalue weighted by molar-refractivity contribution is -0.136. The zero-order chi connectivity index (χ0) is 15.1. The van der Waals surface area contributed by atoms with Crippen molar-refractivity contribution in [2.24, 2.45) is 0 Å². The number of aliphatic carboxylic acids is 1. The summed E-state index contributed by atoms with van der Waals surface area (Å²) in [5, 5.41) is 17.9. The molecule has 0 saturated carbocycles. The maximum absolute atomic E-state index is 11.6. The third-order valence-corrected chi connectivity index (χ3v) is 2.60. The molecule has 0 aliphatic rings. The Balaban J connectivity index is 1.75. The van der Waals surface area contributed by atoms with Crippen LogP contribution in [0.4, 0.5) is 10.5 Å². The molecule has 0 aromatic carbocycles. The molecule has 2 aromatic heterocycles. The van der Waals surface area contributed by atoms with Crippen LogP contribution in [0.2, 0.25) is 0 Å². The van der Waals surface area contributed by atoms with Crippen LogP contribution in [0.25, 0.3) is 0 Å². The van der Waals surface area contributed by atoms with Crippen molar-refractivity contribution in [1.29, 1.82) is 0 Å². The van der Waals surface area contributed by atoms with Crippen LogP contribution in [0.1, 0.15) is 5.69 Å². The van der Waals surface area contributed by atoms with Gasteiger partial charge in [-0.25, -0.2) is 4.79 Å². The van der Waals surface area contributed by atoms with Gasteiger partial charge in [-0.1, -0.05) is 0 Å². The summed E-state index contributed by atoms with van der Waals surface area (Å²) in [6, 6.07) is 4.63. The summed E-state index contributed by atoms with van der Waals surface area (Å²) in [5.41, 5.74) is 0.938. The minimum atomic E-state index is -0.945. The number of amides is 2. The zero-order valence-electron chi connectivity index (χ0n) is 11.2. The molecular weight excluding hydrogens is 274 g/mol. The van der Waals surface area contributed by atoms with Crippen molar-refractivity contribution in [3.8, 4) is 0 Å². The molecule has 110 valence electrons. The molecule has 2 heterocycles. The standard InChI is InChI=1S/C13H15N5O3/c19-12(20)8-10-2-3-11(9-15-10)17-13(21)14-5-7-18-6-1-4-16-18/h1-4,6,9H,5,7-8H2,(H,19,20)(H2,14,17,21). The van der Waals surface area contributed by atoms with E-state index in [9.17, 15) is 9.59 Å². The summed E-state index contributed by atoms with van der Waals surface area (Å²) in [6.45, 7) is 1.02. The Hall–Kier alpha value is -2.90. The van der Waals surface area contributed by atoms with E-state index in [2.05, 4.69) is 20.7 Å². The molecule has 0 radical (unpaired) electrons. The predicted octanol–water partition coefficient (Wildman–Crippen LogP) is 0.727. The van der Waals surface area contributed by atoms with Crippen molar-refractivity contribution in [1.82, 2.24) is 20.1 Å². The Labute approximate surface area is 120 Å². The van der Waals surface area contributed by atoms with Crippen molar-refractivity contribution < 1.29 is 14.7 Å². The number of nitrogens with one attached hydrogen (secondary N) is 2. The minimum absolute atomic E-state index is 0.143. The lowest BCUT2D eigenvalue weighted by Gasteiger charge is -2.07. The number of carboxylic acids is 1. The second kappa shape index (κ2) is 7.04. The first-order valence-corrected chi connectivity index (χ1v) is 6.32. The van der Waals surface area contributed by atoms with Crippen LogP contribution in [-0.2, 0) is 17.8 Å². The Morgan fingerprint density at radius 3 is 2.81 bits per heavy atom. The van der Waals surface area contributed by atoms with Crippen molar-refractivity contribution in [3.05, 3.63) is 42.5 Å². The van der Waals surface area contributed by atoms with Gasteiger partial charge in [0, 0.05) is 18.9 Å². The molecule has 0 spiro atoms. The molecule has 3 N–H and O–H groups in total. The SMILES string of the molecule is O=C(O)Cc1ccc(NC(=O)NCCn2cccn2)cn1. The van der Waals surface area contributed by atoms with Gasteiger partial charge in [0.15, 0.2) is 0 Å². The topological polar surface area (TPSA) is 109 Å². The van der Waals surface area contributed by atoms with Crippen molar-refractivity contribution in [3.63, 3.8) is 0 Å². The number of hydrogen-bond acceptors (Lipinski definition) is 4. The molecule has 2 amide bonds. The van der Waals surface area contributed by atoms with Crippen LogP contribution in [0.5, 0.6) is 0 Å². The van der Waals surface area contributed by atoms with E-state index < -0.39 is 5.97 Å². The molecule has 2 aromatic rings. The number of aromatic nitrogens is 3. The van der Waals surface area contributed by atoms with E-state index in [0.717, 1.165) is 0 Å². The summed E-state index contributed by atoms with van der Waals surface area (Å²) in [6.07, 6.45) is 4.76. The van der Waals surface area contributed by atoms with E-state index in [1.165, 1.54) is 6.20 Å². The Morgan fingerprint density at radius 2 is 2.19 bits per heavy atom. The number of carbonyl (C=O) groups excluding carboxylic acids is 1. The second-order valence-corrected chi connectivity index (χ2v) is 4.26. The molecular formula is C13H15N5O3. The fraction of sp³-hybridized carbons (Fsp3) is 0.231. The smallest absolute Gasteiger partial charge is 0.319 e. The molecule has 0 atom stereocenters. The predicted molar refractivity (Wildman–Crippen MR) is 74.8 cm³/mol. The normalized spacial score (nSPS) is 10.1. The highest BCUT2D eigenvalue weighted by Gasteiger charge is 2.04. The summed E-state index contributed by atoms with van der Waals surface area (Å²) < 4.78 is 1.71. The number of rotatable bonds is 6. The van der Waals surface area contributed by atoms with Crippen LogP contribution in [-0.4, -0.2) is 38.4 Å². The number of hydrogen-bond donors (Lipinski definition) is 3. The van der Waals surface area contributed by atoms with E-state index in [0.29, 0.717) is 24.5 Å². The number of urea groups is 1. The van der Waals surface area contributed by atoms with Crippen molar-refractivity contribution in [2.75, 3.05) is 11.9 Å². The zero-order valence-corrected chi connectivity index (χ0v) is 11.2. The largest absolute Gasteiger partial charge is 0.481 e. The van der Waals surface area contributed by atoms with Gasteiger partial charge in [0.25, 0.3) is 0 Å². The van der Waals surface area contributed by atoms with Crippen molar-refractivity contribution in [2.45, 2.75) is 13.0 Å². The molecule has 8 heteroatoms. The lowest BCUT2D eigenvalue weighted by Crippen LogP contribution is -2.31. The first kappa shape index (κ1) is 14.5. The maximum atomic E-state index is 11.6. The van der Waals surface area contributed by atoms with Crippen molar-refractivity contribution >= 4 is 17.7 Å². The van der Waals surface area contributed by atoms with Gasteiger partial charge in [-0.15, -0.1) is 0 Å². The van der Waals surface area contributed by atoms with Crippen LogP contribution in [0, 0.1) is 0 Å². The molecule has 0 unspecified atom stereocenters. The van der Waals surface area contributed by atoms with Gasteiger partial charge in [0.2, 0.25) is 0 Å². The van der Waals surface area contributed by atoms with Gasteiger partial charge in [0.05, 0.1) is 30.5 Å². The molecule has 0 bridgehead atoms. The molecule has 0 fully saturated rings. The van der Waals surface area contributed by atoms with Gasteiger partial charge in [-0.3, -0.25) is 14.5 Å². The third kappa shape index (κ3) is 4.94. The highest BCUT2D eigenvalue weighted by atomic mass is 16.4. The highest BCUT2D eigenvalue weighted by molar-refractivity contribution is 5.88. The van der Waals surface area contributed by atoms with Crippen LogP contribution in [0.15, 0.2) is 36.8 Å². The molecule has 21 heavy (non-hydrogen) atoms. The van der Waals surface area contributed by atoms with Crippen LogP contribution >= 0.6 is 0 Å². The maximum Gasteiger partial charge on any atom is 0.319 e. The van der Waals surface area contributed by atoms with Gasteiger partial charge in [0.1, 0.15) is 0 Å². The first-order valence-electron chi connectivity index (χ1n) is 6.32. The summed E-state index contributed by atoms with van der Waals surface area (Å²) >= 11 is 0. The third-order valence-electron chi connectivity index (χ3n) is 2.60. The summed E-state index contributed by atoms with van der Waals surface area (Å²) in [5.74, 6) is -0.945. The number of carbonyl (C=O) groups is 2. The number of anilines is 1. The van der Waals surface area contributed by atoms with Gasteiger partial charge >= 0.3 is 12.0 Å². The number of nitrogens with zero attached hydrogens (tertiary/aromatic N) is 3. The summed E-state index contributed by atoms with van der Waals surface area (Å²) in [7, 11) is 0. The summed E-state index contributed by atoms with van der Waals surface area (Å²) in [4.78, 5) is 26.1. The van der Waals surface area contributed by atoms with Gasteiger partial charge in [-0.05, 0) is 18.2 Å². The quantitative estimate of drug-likeness (QED) is 0.726. The van der Waals surface area contributed by atoms with E-state index in [1.54, 1.807) is 23.0 Å². The molecule has 2 rings (SSSR count). The second-order valence-electron chi connectivity index (χ2n) is 4.26. The van der Waals surface area contributed by atoms with Gasteiger partial charge < -0.3 is 15.7 Å².